The number of carbonyl (C=O) groups is 1. The molecule has 0 amide bonds. The average Bonchev–Trinajstić information content (AvgIpc) is 2.67. The van der Waals surface area contributed by atoms with E-state index < -0.39 is 33.1 Å². The predicted octanol–water partition coefficient (Wildman–Crippen LogP) is 5.04. The van der Waals surface area contributed by atoms with Crippen LogP contribution >= 0.6 is 7.82 Å². The monoisotopic (exact) mass is 436 g/mol. The van der Waals surface area contributed by atoms with E-state index in [-0.39, 0.29) is 6.42 Å². The number of phosphoric ester groups is 1. The fourth-order valence-electron chi connectivity index (χ4n) is 2.89. The van der Waals surface area contributed by atoms with Crippen molar-refractivity contribution in [2.75, 3.05) is 13.2 Å². The number of phosphoric acid groups is 1. The summed E-state index contributed by atoms with van der Waals surface area (Å²) in [7, 11) is -4.64. The van der Waals surface area contributed by atoms with E-state index in [1.165, 1.54) is 44.9 Å². The molecule has 0 saturated carbocycles. The fourth-order valence-corrected chi connectivity index (χ4v) is 3.25. The molecule has 0 rings (SSSR count). The zero-order chi connectivity index (χ0) is 21.8. The molecule has 0 saturated heterocycles. The maximum Gasteiger partial charge on any atom is 0.469 e. The van der Waals surface area contributed by atoms with Crippen LogP contribution < -0.4 is 0 Å². The molecule has 7 nitrogen and oxygen atoms in total. The highest BCUT2D eigenvalue weighted by Crippen LogP contribution is 2.35. The molecule has 0 aromatic rings. The number of rotatable bonds is 20. The Labute approximate surface area is 176 Å². The minimum atomic E-state index is -4.64. The summed E-state index contributed by atoms with van der Waals surface area (Å²) in [6.07, 6.45) is 19.0. The highest BCUT2D eigenvalue weighted by Gasteiger charge is 2.20. The predicted molar refractivity (Wildman–Crippen MR) is 114 cm³/mol. The molecule has 1 unspecified atom stereocenters. The number of ether oxygens (including phenoxy) is 1. The molecule has 0 aliphatic heterocycles. The second-order valence-corrected chi connectivity index (χ2v) is 8.65. The van der Waals surface area contributed by atoms with E-state index in [0.717, 1.165) is 32.1 Å². The standard InChI is InChI=1S/C21H41O7P/c1-2-3-4-5-6-7-8-9-10-11-12-13-14-15-16-17-21(23)28-20(18-22)19-27-29(24,25)26/h9-10,20,22H,2-8,11-19H2,1H3,(H2,24,25,26). The van der Waals surface area contributed by atoms with Crippen LogP contribution in [0.1, 0.15) is 96.8 Å². The molecule has 8 heteroatoms. The first kappa shape index (κ1) is 28.3. The number of allylic oxidation sites excluding steroid dienone is 2. The topological polar surface area (TPSA) is 113 Å². The number of hydrogen-bond acceptors (Lipinski definition) is 5. The van der Waals surface area contributed by atoms with Crippen LogP contribution in [-0.4, -0.2) is 40.2 Å². The van der Waals surface area contributed by atoms with E-state index in [2.05, 4.69) is 23.6 Å². The van der Waals surface area contributed by atoms with E-state index in [0.29, 0.717) is 6.42 Å². The van der Waals surface area contributed by atoms with Crippen molar-refractivity contribution in [3.63, 3.8) is 0 Å². The Morgan fingerprint density at radius 2 is 1.41 bits per heavy atom. The Bertz CT molecular complexity index is 462. The summed E-state index contributed by atoms with van der Waals surface area (Å²) in [6.45, 7) is 1.17. The highest BCUT2D eigenvalue weighted by atomic mass is 31.2. The number of aliphatic hydroxyl groups excluding tert-OH is 1. The normalized spacial score (nSPS) is 13.1. The number of carbonyl (C=O) groups excluding carboxylic acids is 1. The third-order valence-electron chi connectivity index (χ3n) is 4.57. The molecule has 3 N–H and O–H groups in total. The van der Waals surface area contributed by atoms with Gasteiger partial charge in [-0.1, -0.05) is 70.4 Å². The summed E-state index contributed by atoms with van der Waals surface area (Å²) >= 11 is 0. The van der Waals surface area contributed by atoms with Gasteiger partial charge in [0.1, 0.15) is 6.10 Å². The average molecular weight is 437 g/mol. The molecule has 0 aromatic carbocycles. The zero-order valence-corrected chi connectivity index (χ0v) is 18.9. The lowest BCUT2D eigenvalue weighted by Crippen LogP contribution is -2.26. The second-order valence-electron chi connectivity index (χ2n) is 7.42. The molecule has 0 bridgehead atoms. The van der Waals surface area contributed by atoms with Crippen molar-refractivity contribution < 1.29 is 33.5 Å². The van der Waals surface area contributed by atoms with Gasteiger partial charge in [-0.2, -0.15) is 0 Å². The Kier molecular flexibility index (Phi) is 18.8. The van der Waals surface area contributed by atoms with Crippen molar-refractivity contribution in [1.29, 1.82) is 0 Å². The van der Waals surface area contributed by atoms with Crippen LogP contribution in [0.5, 0.6) is 0 Å². The smallest absolute Gasteiger partial charge is 0.457 e. The summed E-state index contributed by atoms with van der Waals surface area (Å²) in [4.78, 5) is 28.9. The van der Waals surface area contributed by atoms with Crippen LogP contribution in [0, 0.1) is 0 Å². The van der Waals surface area contributed by atoms with E-state index in [4.69, 9.17) is 19.6 Å². The third-order valence-corrected chi connectivity index (χ3v) is 5.06. The quantitative estimate of drug-likeness (QED) is 0.106. The minimum Gasteiger partial charge on any atom is -0.457 e. The summed E-state index contributed by atoms with van der Waals surface area (Å²) in [5.41, 5.74) is 0. The summed E-state index contributed by atoms with van der Waals surface area (Å²) in [5, 5.41) is 9.06. The van der Waals surface area contributed by atoms with Gasteiger partial charge in [0, 0.05) is 6.42 Å². The maximum absolute atomic E-state index is 11.7. The molecular formula is C21H41O7P. The van der Waals surface area contributed by atoms with Crippen molar-refractivity contribution in [2.24, 2.45) is 0 Å². The maximum atomic E-state index is 11.7. The van der Waals surface area contributed by atoms with Gasteiger partial charge in [0.25, 0.3) is 0 Å². The Hall–Kier alpha value is -0.720. The van der Waals surface area contributed by atoms with Crippen LogP contribution in [0.3, 0.4) is 0 Å². The largest absolute Gasteiger partial charge is 0.469 e. The van der Waals surface area contributed by atoms with Gasteiger partial charge in [-0.25, -0.2) is 4.57 Å². The van der Waals surface area contributed by atoms with Gasteiger partial charge in [-0.05, 0) is 32.1 Å². The number of hydrogen-bond donors (Lipinski definition) is 3. The summed E-state index contributed by atoms with van der Waals surface area (Å²) in [6, 6.07) is 0. The van der Waals surface area contributed by atoms with Crippen molar-refractivity contribution in [3.05, 3.63) is 12.2 Å². The summed E-state index contributed by atoms with van der Waals surface area (Å²) in [5.74, 6) is -0.490. The molecule has 0 aliphatic rings. The van der Waals surface area contributed by atoms with Gasteiger partial charge in [0.2, 0.25) is 0 Å². The second kappa shape index (κ2) is 19.3. The lowest BCUT2D eigenvalue weighted by Gasteiger charge is -2.15. The molecule has 0 aromatic heterocycles. The van der Waals surface area contributed by atoms with Crippen LogP contribution in [0.25, 0.3) is 0 Å². The van der Waals surface area contributed by atoms with Crippen LogP contribution in [0.15, 0.2) is 12.2 Å². The van der Waals surface area contributed by atoms with Crippen molar-refractivity contribution in [1.82, 2.24) is 0 Å². The lowest BCUT2D eigenvalue weighted by atomic mass is 10.1. The first-order valence-electron chi connectivity index (χ1n) is 11.0. The molecule has 0 aliphatic carbocycles. The highest BCUT2D eigenvalue weighted by molar-refractivity contribution is 7.46. The number of aliphatic hydroxyl groups is 1. The SMILES string of the molecule is CCCCCCCCC=CCCCCCCCC(=O)OC(CO)COP(=O)(O)O. The van der Waals surface area contributed by atoms with E-state index in [9.17, 15) is 9.36 Å². The summed E-state index contributed by atoms with van der Waals surface area (Å²) < 4.78 is 19.8. The molecular weight excluding hydrogens is 395 g/mol. The number of esters is 1. The molecule has 0 radical (unpaired) electrons. The van der Waals surface area contributed by atoms with Gasteiger partial charge >= 0.3 is 13.8 Å². The Morgan fingerprint density at radius 1 is 0.897 bits per heavy atom. The van der Waals surface area contributed by atoms with E-state index in [1.807, 2.05) is 0 Å². The Morgan fingerprint density at radius 3 is 1.93 bits per heavy atom. The van der Waals surface area contributed by atoms with Gasteiger partial charge in [0.15, 0.2) is 0 Å². The molecule has 172 valence electrons. The Balaban J connectivity index is 3.49. The van der Waals surface area contributed by atoms with Gasteiger partial charge in [-0.15, -0.1) is 0 Å². The third kappa shape index (κ3) is 21.8. The van der Waals surface area contributed by atoms with E-state index >= 15 is 0 Å². The van der Waals surface area contributed by atoms with Crippen molar-refractivity contribution in [2.45, 2.75) is 103 Å². The van der Waals surface area contributed by atoms with Gasteiger partial charge < -0.3 is 19.6 Å². The van der Waals surface area contributed by atoms with Crippen LogP contribution in [-0.2, 0) is 18.6 Å². The molecule has 0 heterocycles. The molecule has 0 spiro atoms. The van der Waals surface area contributed by atoms with E-state index in [1.54, 1.807) is 0 Å². The minimum absolute atomic E-state index is 0.227. The fraction of sp³-hybridized carbons (Fsp3) is 0.857. The van der Waals surface area contributed by atoms with Crippen molar-refractivity contribution >= 4 is 13.8 Å². The lowest BCUT2D eigenvalue weighted by molar-refractivity contribution is -0.153. The molecule has 29 heavy (non-hydrogen) atoms. The van der Waals surface area contributed by atoms with Crippen LogP contribution in [0.2, 0.25) is 0 Å². The molecule has 1 atom stereocenters. The zero-order valence-electron chi connectivity index (χ0n) is 18.0. The van der Waals surface area contributed by atoms with Crippen molar-refractivity contribution in [3.8, 4) is 0 Å². The van der Waals surface area contributed by atoms with Crippen LogP contribution in [0.4, 0.5) is 0 Å². The molecule has 0 fully saturated rings. The van der Waals surface area contributed by atoms with Gasteiger partial charge in [-0.3, -0.25) is 9.32 Å². The number of unbranched alkanes of at least 4 members (excludes halogenated alkanes) is 11. The van der Waals surface area contributed by atoms with Gasteiger partial charge in [0.05, 0.1) is 13.2 Å². The first-order chi connectivity index (χ1) is 13.9. The first-order valence-corrected chi connectivity index (χ1v) is 12.6.